The first kappa shape index (κ1) is 19.2. The van der Waals surface area contributed by atoms with Gasteiger partial charge in [-0.05, 0) is 29.8 Å². The molecule has 0 saturated heterocycles. The number of benzene rings is 2. The zero-order chi connectivity index (χ0) is 20.2. The summed E-state index contributed by atoms with van der Waals surface area (Å²) in [6.07, 6.45) is -0.108. The van der Waals surface area contributed by atoms with Crippen molar-refractivity contribution in [1.29, 1.82) is 0 Å². The Morgan fingerprint density at radius 1 is 1.00 bits per heavy atom. The third-order valence-corrected chi connectivity index (χ3v) is 4.63. The molecule has 2 amide bonds. The monoisotopic (exact) mass is 418 g/mol. The second-order valence-electron chi connectivity index (χ2n) is 6.53. The normalized spacial score (nSPS) is 17.1. The molecule has 152 valence electrons. The van der Waals surface area contributed by atoms with Gasteiger partial charge < -0.3 is 18.9 Å². The summed E-state index contributed by atoms with van der Waals surface area (Å²) in [5, 5.41) is 0.377. The van der Waals surface area contributed by atoms with E-state index in [1.54, 1.807) is 30.3 Å². The number of ether oxygens (including phenoxy) is 4. The van der Waals surface area contributed by atoms with Gasteiger partial charge in [0.05, 0.1) is 24.7 Å². The van der Waals surface area contributed by atoms with E-state index in [1.165, 1.54) is 0 Å². The van der Waals surface area contributed by atoms with Crippen LogP contribution in [0.3, 0.4) is 0 Å². The molecule has 0 aromatic heterocycles. The molecular formula is C20H19ClN2O6. The lowest BCUT2D eigenvalue weighted by atomic mass is 10.1. The molecule has 2 aromatic carbocycles. The highest BCUT2D eigenvalue weighted by molar-refractivity contribution is 6.32. The number of carbonyl (C=O) groups is 2. The molecule has 0 bridgehead atoms. The summed E-state index contributed by atoms with van der Waals surface area (Å²) in [6, 6.07) is 10.4. The Kier molecular flexibility index (Phi) is 5.62. The summed E-state index contributed by atoms with van der Waals surface area (Å²) in [5.41, 5.74) is 5.37. The number of hydrazine groups is 1. The van der Waals surface area contributed by atoms with Crippen LogP contribution in [0.15, 0.2) is 36.4 Å². The van der Waals surface area contributed by atoms with Crippen molar-refractivity contribution in [2.45, 2.75) is 18.9 Å². The van der Waals surface area contributed by atoms with Gasteiger partial charge in [-0.15, -0.1) is 0 Å². The SMILES string of the molecule is O=C(Cc1cc(Cl)c2c(c1)OCCCO2)NNC(=O)C1COc2ccccc2O1. The number of rotatable bonds is 3. The number of halogens is 1. The maximum atomic E-state index is 12.3. The number of fused-ring (bicyclic) bond motifs is 2. The first-order valence-corrected chi connectivity index (χ1v) is 9.53. The molecule has 2 N–H and O–H groups in total. The Morgan fingerprint density at radius 3 is 2.66 bits per heavy atom. The van der Waals surface area contributed by atoms with Crippen LogP contribution in [0.1, 0.15) is 12.0 Å². The van der Waals surface area contributed by atoms with Gasteiger partial charge in [0.25, 0.3) is 5.91 Å². The quantitative estimate of drug-likeness (QED) is 0.741. The van der Waals surface area contributed by atoms with Crippen molar-refractivity contribution in [3.05, 3.63) is 47.0 Å². The lowest BCUT2D eigenvalue weighted by molar-refractivity contribution is -0.134. The average molecular weight is 419 g/mol. The number of nitrogens with one attached hydrogen (secondary N) is 2. The van der Waals surface area contributed by atoms with Crippen molar-refractivity contribution in [1.82, 2.24) is 10.9 Å². The van der Waals surface area contributed by atoms with Gasteiger partial charge in [0, 0.05) is 6.42 Å². The van der Waals surface area contributed by atoms with Crippen molar-refractivity contribution in [3.8, 4) is 23.0 Å². The van der Waals surface area contributed by atoms with E-state index in [0.717, 1.165) is 6.42 Å². The van der Waals surface area contributed by atoms with Crippen LogP contribution in [-0.2, 0) is 16.0 Å². The fourth-order valence-electron chi connectivity index (χ4n) is 2.98. The molecule has 2 aromatic rings. The number of para-hydroxylation sites is 2. The maximum Gasteiger partial charge on any atom is 0.283 e. The highest BCUT2D eigenvalue weighted by Crippen LogP contribution is 2.38. The standard InChI is InChI=1S/C20H19ClN2O6/c21-13-8-12(9-16-19(13)27-7-3-6-26-16)10-18(24)22-23-20(25)17-11-28-14-4-1-2-5-15(14)29-17/h1-2,4-5,8-9,17H,3,6-7,10-11H2,(H,22,24)(H,23,25). The van der Waals surface area contributed by atoms with Gasteiger partial charge in [-0.2, -0.15) is 0 Å². The molecule has 0 aliphatic carbocycles. The molecule has 0 saturated carbocycles. The lowest BCUT2D eigenvalue weighted by Crippen LogP contribution is -2.51. The predicted octanol–water partition coefficient (Wildman–Crippen LogP) is 2.03. The molecular weight excluding hydrogens is 400 g/mol. The molecule has 0 spiro atoms. The van der Waals surface area contributed by atoms with Gasteiger partial charge in [-0.3, -0.25) is 20.4 Å². The highest BCUT2D eigenvalue weighted by atomic mass is 35.5. The molecule has 0 fully saturated rings. The van der Waals surface area contributed by atoms with Crippen LogP contribution in [0, 0.1) is 0 Å². The Balaban J connectivity index is 1.32. The number of hydrogen-bond acceptors (Lipinski definition) is 6. The molecule has 0 radical (unpaired) electrons. The van der Waals surface area contributed by atoms with Gasteiger partial charge in [0.1, 0.15) is 6.61 Å². The molecule has 29 heavy (non-hydrogen) atoms. The van der Waals surface area contributed by atoms with Crippen LogP contribution in [0.2, 0.25) is 5.02 Å². The molecule has 8 nitrogen and oxygen atoms in total. The first-order valence-electron chi connectivity index (χ1n) is 9.15. The van der Waals surface area contributed by atoms with Gasteiger partial charge in [0.15, 0.2) is 23.0 Å². The molecule has 2 aliphatic rings. The molecule has 2 aliphatic heterocycles. The molecule has 2 heterocycles. The zero-order valence-corrected chi connectivity index (χ0v) is 16.2. The lowest BCUT2D eigenvalue weighted by Gasteiger charge is -2.25. The van der Waals surface area contributed by atoms with Gasteiger partial charge in [-0.25, -0.2) is 0 Å². The summed E-state index contributed by atoms with van der Waals surface area (Å²) in [4.78, 5) is 24.5. The highest BCUT2D eigenvalue weighted by Gasteiger charge is 2.27. The number of hydrogen-bond donors (Lipinski definition) is 2. The van der Waals surface area contributed by atoms with Crippen molar-refractivity contribution in [2.24, 2.45) is 0 Å². The van der Waals surface area contributed by atoms with Crippen LogP contribution in [0.4, 0.5) is 0 Å². The van der Waals surface area contributed by atoms with Crippen LogP contribution in [0.25, 0.3) is 0 Å². The molecule has 4 rings (SSSR count). The Labute approximate surface area is 172 Å². The van der Waals surface area contributed by atoms with Crippen molar-refractivity contribution < 1.29 is 28.5 Å². The van der Waals surface area contributed by atoms with E-state index in [2.05, 4.69) is 10.9 Å². The van der Waals surface area contributed by atoms with E-state index < -0.39 is 17.9 Å². The van der Waals surface area contributed by atoms with Crippen LogP contribution < -0.4 is 29.8 Å². The Hall–Kier alpha value is -3.13. The predicted molar refractivity (Wildman–Crippen MR) is 103 cm³/mol. The maximum absolute atomic E-state index is 12.3. The van der Waals surface area contributed by atoms with Crippen LogP contribution in [-0.4, -0.2) is 37.7 Å². The third kappa shape index (κ3) is 4.48. The zero-order valence-electron chi connectivity index (χ0n) is 15.4. The van der Waals surface area contributed by atoms with Crippen molar-refractivity contribution in [2.75, 3.05) is 19.8 Å². The van der Waals surface area contributed by atoms with E-state index in [9.17, 15) is 9.59 Å². The van der Waals surface area contributed by atoms with Crippen LogP contribution >= 0.6 is 11.6 Å². The Morgan fingerprint density at radius 2 is 1.79 bits per heavy atom. The van der Waals surface area contributed by atoms with Gasteiger partial charge >= 0.3 is 0 Å². The molecule has 9 heteroatoms. The van der Waals surface area contributed by atoms with Crippen molar-refractivity contribution in [3.63, 3.8) is 0 Å². The summed E-state index contributed by atoms with van der Waals surface area (Å²) in [6.45, 7) is 1.09. The van der Waals surface area contributed by atoms with Crippen molar-refractivity contribution >= 4 is 23.4 Å². The minimum Gasteiger partial charge on any atom is -0.489 e. The summed E-state index contributed by atoms with van der Waals surface area (Å²) < 4.78 is 22.3. The van der Waals surface area contributed by atoms with Gasteiger partial charge in [0.2, 0.25) is 12.0 Å². The summed E-state index contributed by atoms with van der Waals surface area (Å²) >= 11 is 6.24. The van der Waals surface area contributed by atoms with E-state index in [0.29, 0.717) is 46.8 Å². The second kappa shape index (κ2) is 8.48. The van der Waals surface area contributed by atoms with Gasteiger partial charge in [-0.1, -0.05) is 23.7 Å². The molecule has 1 unspecified atom stereocenters. The van der Waals surface area contributed by atoms with E-state index in [1.807, 2.05) is 6.07 Å². The van der Waals surface area contributed by atoms with E-state index >= 15 is 0 Å². The minimum atomic E-state index is -0.863. The second-order valence-corrected chi connectivity index (χ2v) is 6.94. The van der Waals surface area contributed by atoms with E-state index in [4.69, 9.17) is 30.5 Å². The summed E-state index contributed by atoms with van der Waals surface area (Å²) in [5.74, 6) is 1.12. The Bertz CT molecular complexity index is 935. The fourth-order valence-corrected chi connectivity index (χ4v) is 3.26. The largest absolute Gasteiger partial charge is 0.489 e. The molecule has 1 atom stereocenters. The number of carbonyl (C=O) groups excluding carboxylic acids is 2. The third-order valence-electron chi connectivity index (χ3n) is 4.35. The smallest absolute Gasteiger partial charge is 0.283 e. The minimum absolute atomic E-state index is 0.00149. The average Bonchev–Trinajstić information content (AvgIpc) is 2.97. The van der Waals surface area contributed by atoms with Crippen LogP contribution in [0.5, 0.6) is 23.0 Å². The fraction of sp³-hybridized carbons (Fsp3) is 0.300. The first-order chi connectivity index (χ1) is 14.1. The van der Waals surface area contributed by atoms with E-state index in [-0.39, 0.29) is 13.0 Å². The number of amides is 2. The summed E-state index contributed by atoms with van der Waals surface area (Å²) in [7, 11) is 0. The topological polar surface area (TPSA) is 95.1 Å².